The summed E-state index contributed by atoms with van der Waals surface area (Å²) >= 11 is 0. The molecule has 1 atom stereocenters. The summed E-state index contributed by atoms with van der Waals surface area (Å²) in [5, 5.41) is 9.48. The summed E-state index contributed by atoms with van der Waals surface area (Å²) in [6, 6.07) is 2.08. The number of dihydropyridines is 1. The van der Waals surface area contributed by atoms with E-state index in [-0.39, 0.29) is 23.3 Å². The van der Waals surface area contributed by atoms with Gasteiger partial charge in [0.25, 0.3) is 0 Å². The Kier molecular flexibility index (Phi) is 8.29. The number of halogens is 7. The van der Waals surface area contributed by atoms with Crippen molar-refractivity contribution in [3.63, 3.8) is 0 Å². The molecule has 252 valence electrons. The molecule has 3 heterocycles. The molecule has 6 rings (SSSR count). The molecule has 0 bridgehead atoms. The number of carbonyl (C=O) groups excluding carboxylic acids is 1. The van der Waals surface area contributed by atoms with Crippen molar-refractivity contribution in [3.05, 3.63) is 58.7 Å². The average Bonchev–Trinajstić information content (AvgIpc) is 3.20. The van der Waals surface area contributed by atoms with Crippen LogP contribution in [-0.4, -0.2) is 66.0 Å². The number of anilines is 1. The third-order valence-corrected chi connectivity index (χ3v) is 8.20. The number of carbonyl (C=O) groups is 1. The van der Waals surface area contributed by atoms with Gasteiger partial charge in [-0.05, 0) is 42.5 Å². The fourth-order valence-corrected chi connectivity index (χ4v) is 6.35. The standard InChI is InChI=1S/C32H26F7N5O4/c1-13(45)21-18(33)6-5-14-10-15(46)11-17(22(14)21)23-25(32(37,38)39)28-24-27(26(23)36)42-31(47-2)43-30(24)44(8-9-48-28)19(12-20(34)35)16-4-3-7-41-29(16)40/h4-6,10-11,19-20,46H,3,7-9,12H2,1-2H3,(H2,40,41)/t19-/m1/s1. The molecule has 3 aromatic carbocycles. The molecule has 0 saturated carbocycles. The Hall–Kier alpha value is -5.15. The monoisotopic (exact) mass is 677 g/mol. The van der Waals surface area contributed by atoms with E-state index in [4.69, 9.17) is 15.2 Å². The second kappa shape index (κ2) is 12.1. The molecular weight excluding hydrogens is 651 g/mol. The summed E-state index contributed by atoms with van der Waals surface area (Å²) in [5.74, 6) is -5.57. The summed E-state index contributed by atoms with van der Waals surface area (Å²) < 4.78 is 117. The molecule has 0 fully saturated rings. The average molecular weight is 678 g/mol. The maximum Gasteiger partial charge on any atom is 0.420 e. The topological polar surface area (TPSA) is 123 Å². The van der Waals surface area contributed by atoms with Crippen LogP contribution < -0.4 is 20.1 Å². The van der Waals surface area contributed by atoms with Crippen LogP contribution in [0.15, 0.2) is 40.9 Å². The number of nitrogens with two attached hydrogens (primary N) is 1. The number of amidine groups is 1. The third kappa shape index (κ3) is 5.48. The molecule has 0 unspecified atom stereocenters. The van der Waals surface area contributed by atoms with Crippen molar-refractivity contribution < 1.29 is 50.1 Å². The van der Waals surface area contributed by atoms with Crippen LogP contribution in [0.3, 0.4) is 0 Å². The van der Waals surface area contributed by atoms with Crippen LogP contribution in [0.5, 0.6) is 17.5 Å². The van der Waals surface area contributed by atoms with Crippen molar-refractivity contribution in [2.45, 2.75) is 38.4 Å². The smallest absolute Gasteiger partial charge is 0.420 e. The number of ether oxygens (including phenoxy) is 2. The van der Waals surface area contributed by atoms with Crippen LogP contribution in [0.2, 0.25) is 0 Å². The first-order chi connectivity index (χ1) is 22.7. The summed E-state index contributed by atoms with van der Waals surface area (Å²) in [7, 11) is 1.12. The molecule has 0 amide bonds. The highest BCUT2D eigenvalue weighted by Gasteiger charge is 2.44. The molecule has 0 saturated heterocycles. The number of methoxy groups -OCH3 is 1. The van der Waals surface area contributed by atoms with Crippen molar-refractivity contribution in [2.24, 2.45) is 10.7 Å². The number of ketones is 1. The maximum absolute atomic E-state index is 17.0. The summed E-state index contributed by atoms with van der Waals surface area (Å²) in [5.41, 5.74) is 1.33. The Morgan fingerprint density at radius 3 is 2.56 bits per heavy atom. The Labute approximate surface area is 267 Å². The lowest BCUT2D eigenvalue weighted by molar-refractivity contribution is -0.138. The lowest BCUT2D eigenvalue weighted by Crippen LogP contribution is -2.44. The van der Waals surface area contributed by atoms with E-state index in [0.29, 0.717) is 13.0 Å². The molecule has 48 heavy (non-hydrogen) atoms. The van der Waals surface area contributed by atoms with Gasteiger partial charge in [0.05, 0.1) is 30.6 Å². The normalized spacial score (nSPS) is 15.7. The first-order valence-electron chi connectivity index (χ1n) is 14.6. The molecule has 2 aliphatic rings. The van der Waals surface area contributed by atoms with E-state index < -0.39 is 111 Å². The Morgan fingerprint density at radius 1 is 1.17 bits per heavy atom. The number of hydrogen-bond acceptors (Lipinski definition) is 9. The third-order valence-electron chi connectivity index (χ3n) is 8.20. The van der Waals surface area contributed by atoms with E-state index in [1.165, 1.54) is 4.90 Å². The zero-order chi connectivity index (χ0) is 34.7. The number of alkyl halides is 5. The summed E-state index contributed by atoms with van der Waals surface area (Å²) in [6.45, 7) is 0.451. The van der Waals surface area contributed by atoms with Crippen molar-refractivity contribution in [3.8, 4) is 28.6 Å². The largest absolute Gasteiger partial charge is 0.508 e. The van der Waals surface area contributed by atoms with E-state index in [1.54, 1.807) is 6.08 Å². The van der Waals surface area contributed by atoms with Crippen LogP contribution in [-0.2, 0) is 6.18 Å². The van der Waals surface area contributed by atoms with Crippen molar-refractivity contribution >= 4 is 39.1 Å². The molecule has 2 aliphatic heterocycles. The molecule has 4 aromatic rings. The minimum atomic E-state index is -5.38. The highest BCUT2D eigenvalue weighted by atomic mass is 19.4. The number of benzene rings is 3. The quantitative estimate of drug-likeness (QED) is 0.166. The number of hydrogen-bond donors (Lipinski definition) is 2. The van der Waals surface area contributed by atoms with Crippen LogP contribution in [0.1, 0.15) is 35.7 Å². The van der Waals surface area contributed by atoms with Gasteiger partial charge in [-0.25, -0.2) is 17.6 Å². The number of rotatable bonds is 7. The predicted molar refractivity (Wildman–Crippen MR) is 162 cm³/mol. The van der Waals surface area contributed by atoms with Crippen molar-refractivity contribution in [1.82, 2.24) is 9.97 Å². The molecule has 16 heteroatoms. The second-order valence-corrected chi connectivity index (χ2v) is 11.1. The zero-order valence-corrected chi connectivity index (χ0v) is 25.3. The number of Topliss-reactive ketones (excluding diaryl/α,β-unsaturated/α-hetero) is 1. The number of phenols is 1. The Morgan fingerprint density at radius 2 is 1.92 bits per heavy atom. The highest BCUT2D eigenvalue weighted by Crippen LogP contribution is 2.53. The molecular formula is C32H26F7N5O4. The van der Waals surface area contributed by atoms with Crippen LogP contribution in [0.4, 0.5) is 36.6 Å². The van der Waals surface area contributed by atoms with E-state index in [1.807, 2.05) is 0 Å². The van der Waals surface area contributed by atoms with Gasteiger partial charge in [-0.15, -0.1) is 0 Å². The van der Waals surface area contributed by atoms with Gasteiger partial charge in [-0.3, -0.25) is 9.79 Å². The van der Waals surface area contributed by atoms with Crippen molar-refractivity contribution in [1.29, 1.82) is 0 Å². The van der Waals surface area contributed by atoms with Gasteiger partial charge in [-0.1, -0.05) is 12.1 Å². The molecule has 0 aliphatic carbocycles. The molecule has 9 nitrogen and oxygen atoms in total. The van der Waals surface area contributed by atoms with Crippen LogP contribution in [0, 0.1) is 11.6 Å². The van der Waals surface area contributed by atoms with Gasteiger partial charge in [0, 0.05) is 29.5 Å². The molecule has 0 radical (unpaired) electrons. The molecule has 0 spiro atoms. The lowest BCUT2D eigenvalue weighted by Gasteiger charge is -2.34. The fraction of sp³-hybridized carbons (Fsp3) is 0.312. The minimum Gasteiger partial charge on any atom is -0.508 e. The van der Waals surface area contributed by atoms with Gasteiger partial charge in [0.2, 0.25) is 6.43 Å². The number of aliphatic imine (C=N–C) groups is 1. The number of aromatic hydroxyl groups is 1. The van der Waals surface area contributed by atoms with Gasteiger partial charge in [0.15, 0.2) is 11.6 Å². The number of fused-ring (bicyclic) bond motifs is 1. The zero-order valence-electron chi connectivity index (χ0n) is 25.3. The predicted octanol–water partition coefficient (Wildman–Crippen LogP) is 6.57. The molecule has 1 aromatic heterocycles. The van der Waals surface area contributed by atoms with E-state index in [2.05, 4.69) is 15.0 Å². The minimum absolute atomic E-state index is 0.0451. The second-order valence-electron chi connectivity index (χ2n) is 11.1. The summed E-state index contributed by atoms with van der Waals surface area (Å²) in [6.07, 6.45) is -7.17. The van der Waals surface area contributed by atoms with E-state index in [0.717, 1.165) is 38.3 Å². The number of aromatic nitrogens is 2. The Balaban J connectivity index is 1.77. The highest BCUT2D eigenvalue weighted by molar-refractivity contribution is 6.14. The summed E-state index contributed by atoms with van der Waals surface area (Å²) in [4.78, 5) is 26.2. The maximum atomic E-state index is 17.0. The van der Waals surface area contributed by atoms with Gasteiger partial charge in [-0.2, -0.15) is 23.1 Å². The Bertz CT molecular complexity index is 2050. The van der Waals surface area contributed by atoms with Crippen LogP contribution >= 0.6 is 0 Å². The number of phenolic OH excluding ortho intramolecular Hbond substituents is 1. The first-order valence-corrected chi connectivity index (χ1v) is 14.6. The van der Waals surface area contributed by atoms with Gasteiger partial charge >= 0.3 is 12.2 Å². The van der Waals surface area contributed by atoms with Gasteiger partial charge in [0.1, 0.15) is 46.7 Å². The van der Waals surface area contributed by atoms with Crippen LogP contribution in [0.25, 0.3) is 32.8 Å². The molecule has 3 N–H and O–H groups in total. The fourth-order valence-electron chi connectivity index (χ4n) is 6.35. The van der Waals surface area contributed by atoms with E-state index >= 15 is 22.0 Å². The van der Waals surface area contributed by atoms with Crippen molar-refractivity contribution in [2.75, 3.05) is 31.7 Å². The SMILES string of the molecule is COc1nc2c3c(c(C(F)(F)F)c(-c4cc(O)cc5ccc(F)c(C(C)=O)c45)c(F)c3n1)OCCN2[C@H](CC(F)F)C1=CCCN=C1N. The lowest BCUT2D eigenvalue weighted by atomic mass is 9.88. The first kappa shape index (κ1) is 32.8. The van der Waals surface area contributed by atoms with Gasteiger partial charge < -0.3 is 25.2 Å². The number of nitrogens with zero attached hydrogens (tertiary/aromatic N) is 4. The van der Waals surface area contributed by atoms with E-state index in [9.17, 15) is 18.7 Å².